The molecule has 7 atom stereocenters. The third kappa shape index (κ3) is 4.06. The van der Waals surface area contributed by atoms with Gasteiger partial charge in [0.25, 0.3) is 0 Å². The van der Waals surface area contributed by atoms with Gasteiger partial charge in [-0.05, 0) is 93.4 Å². The predicted molar refractivity (Wildman–Crippen MR) is 115 cm³/mol. The normalized spacial score (nSPS) is 43.4. The maximum absolute atomic E-state index is 13.2. The molecule has 4 nitrogen and oxygen atoms in total. The molecule has 0 aliphatic heterocycles. The first-order valence-electron chi connectivity index (χ1n) is 12.0. The lowest BCUT2D eigenvalue weighted by molar-refractivity contribution is -0.129. The summed E-state index contributed by atoms with van der Waals surface area (Å²) < 4.78 is 1.79. The number of nitrogens with zero attached hydrogens (tertiary/aromatic N) is 2. The molecule has 1 aromatic rings. The second-order valence-corrected chi connectivity index (χ2v) is 11.0. The number of aromatic nitrogens is 2. The van der Waals surface area contributed by atoms with Crippen LogP contribution in [0.5, 0.6) is 0 Å². The van der Waals surface area contributed by atoms with E-state index in [0.29, 0.717) is 24.2 Å². The molecule has 29 heavy (non-hydrogen) atoms. The number of Topliss-reactive ketones (excluding diaryl/α,β-unsaturated/α-hetero) is 1. The summed E-state index contributed by atoms with van der Waals surface area (Å²) in [6.45, 7) is 7.14. The van der Waals surface area contributed by atoms with E-state index in [1.165, 1.54) is 38.5 Å². The van der Waals surface area contributed by atoms with Crippen LogP contribution in [0.2, 0.25) is 0 Å². The summed E-state index contributed by atoms with van der Waals surface area (Å²) in [6, 6.07) is 1.90. The van der Waals surface area contributed by atoms with Gasteiger partial charge in [-0.1, -0.05) is 26.7 Å². The molecule has 1 heterocycles. The molecule has 1 aromatic heterocycles. The fourth-order valence-electron chi connectivity index (χ4n) is 7.24. The van der Waals surface area contributed by atoms with E-state index in [2.05, 4.69) is 18.9 Å². The van der Waals surface area contributed by atoms with E-state index in [-0.39, 0.29) is 11.3 Å². The van der Waals surface area contributed by atoms with Crippen LogP contribution in [0.1, 0.15) is 85.0 Å². The molecule has 1 N–H and O–H groups in total. The van der Waals surface area contributed by atoms with Gasteiger partial charge in [-0.3, -0.25) is 9.48 Å². The highest BCUT2D eigenvalue weighted by Gasteiger charge is 2.55. The Bertz CT molecular complexity index is 698. The molecule has 4 heteroatoms. The summed E-state index contributed by atoms with van der Waals surface area (Å²) in [5.41, 5.74) is -0.333. The molecule has 0 bridgehead atoms. The predicted octanol–water partition coefficient (Wildman–Crippen LogP) is 5.25. The Hall–Kier alpha value is -1.16. The molecular formula is C25H40N2O2. The maximum atomic E-state index is 13.2. The third-order valence-corrected chi connectivity index (χ3v) is 9.35. The van der Waals surface area contributed by atoms with Crippen molar-refractivity contribution in [2.75, 3.05) is 0 Å². The van der Waals surface area contributed by atoms with Crippen molar-refractivity contribution in [2.24, 2.45) is 35.0 Å². The fraction of sp³-hybridized carbons (Fsp3) is 0.840. The zero-order chi connectivity index (χ0) is 20.6. The Morgan fingerprint density at radius 2 is 1.93 bits per heavy atom. The minimum atomic E-state index is -0.507. The standard InChI is InChI=1S/C25H40N2O2/c1-18-8-9-19-12-14-24(2)21(20(19)7-4-5-13-25(18,3)29)10-11-22(24)23(28)17-27-16-6-15-26-27/h6,15-16,18-22,29H,4-5,7-14,17H2,1-3H3. The number of carbonyl (C=O) groups excluding carboxylic acids is 1. The summed E-state index contributed by atoms with van der Waals surface area (Å²) >= 11 is 0. The molecular weight excluding hydrogens is 360 g/mol. The first kappa shape index (κ1) is 21.1. The molecule has 3 saturated carbocycles. The van der Waals surface area contributed by atoms with Gasteiger partial charge in [0.15, 0.2) is 5.78 Å². The lowest BCUT2D eigenvalue weighted by atomic mass is 9.55. The Balaban J connectivity index is 1.48. The van der Waals surface area contributed by atoms with Crippen molar-refractivity contribution in [1.82, 2.24) is 9.78 Å². The largest absolute Gasteiger partial charge is 0.390 e. The molecule has 0 amide bonds. The minimum Gasteiger partial charge on any atom is -0.390 e. The van der Waals surface area contributed by atoms with Crippen molar-refractivity contribution < 1.29 is 9.90 Å². The second kappa shape index (κ2) is 8.17. The number of hydrogen-bond donors (Lipinski definition) is 1. The Labute approximate surface area is 176 Å². The first-order valence-corrected chi connectivity index (χ1v) is 12.0. The summed E-state index contributed by atoms with van der Waals surface area (Å²) in [4.78, 5) is 13.2. The molecule has 0 radical (unpaired) electrons. The Morgan fingerprint density at radius 3 is 2.69 bits per heavy atom. The van der Waals surface area contributed by atoms with Gasteiger partial charge in [-0.25, -0.2) is 0 Å². The fourth-order valence-corrected chi connectivity index (χ4v) is 7.24. The topological polar surface area (TPSA) is 55.1 Å². The monoisotopic (exact) mass is 400 g/mol. The van der Waals surface area contributed by atoms with E-state index >= 15 is 0 Å². The molecule has 4 rings (SSSR count). The second-order valence-electron chi connectivity index (χ2n) is 11.0. The lowest BCUT2D eigenvalue weighted by Gasteiger charge is -2.49. The van der Waals surface area contributed by atoms with Crippen molar-refractivity contribution >= 4 is 5.78 Å². The highest BCUT2D eigenvalue weighted by Crippen LogP contribution is 2.61. The zero-order valence-electron chi connectivity index (χ0n) is 18.6. The number of ketones is 1. The molecule has 3 fully saturated rings. The van der Waals surface area contributed by atoms with Crippen LogP contribution in [-0.2, 0) is 11.3 Å². The smallest absolute Gasteiger partial charge is 0.157 e. The number of rotatable bonds is 3. The molecule has 7 unspecified atom stereocenters. The number of carbonyl (C=O) groups is 1. The van der Waals surface area contributed by atoms with Gasteiger partial charge >= 0.3 is 0 Å². The van der Waals surface area contributed by atoms with Gasteiger partial charge in [-0.2, -0.15) is 5.10 Å². The van der Waals surface area contributed by atoms with E-state index in [1.807, 2.05) is 19.2 Å². The van der Waals surface area contributed by atoms with Crippen LogP contribution in [0, 0.1) is 35.0 Å². The van der Waals surface area contributed by atoms with E-state index in [9.17, 15) is 9.90 Å². The highest BCUT2D eigenvalue weighted by atomic mass is 16.3. The summed E-state index contributed by atoms with van der Waals surface area (Å²) in [6.07, 6.45) is 15.4. The summed E-state index contributed by atoms with van der Waals surface area (Å²) in [5, 5.41) is 15.1. The van der Waals surface area contributed by atoms with Gasteiger partial charge < -0.3 is 5.11 Å². The van der Waals surface area contributed by atoms with Gasteiger partial charge in [-0.15, -0.1) is 0 Å². The maximum Gasteiger partial charge on any atom is 0.157 e. The van der Waals surface area contributed by atoms with Gasteiger partial charge in [0.2, 0.25) is 0 Å². The van der Waals surface area contributed by atoms with E-state index in [4.69, 9.17) is 0 Å². The number of aliphatic hydroxyl groups is 1. The van der Waals surface area contributed by atoms with Crippen molar-refractivity contribution in [3.05, 3.63) is 18.5 Å². The average molecular weight is 401 g/mol. The van der Waals surface area contributed by atoms with Crippen LogP contribution in [0.3, 0.4) is 0 Å². The molecule has 0 saturated heterocycles. The molecule has 0 spiro atoms. The van der Waals surface area contributed by atoms with Gasteiger partial charge in [0.1, 0.15) is 0 Å². The van der Waals surface area contributed by atoms with Crippen LogP contribution in [-0.4, -0.2) is 26.3 Å². The third-order valence-electron chi connectivity index (χ3n) is 9.35. The zero-order valence-corrected chi connectivity index (χ0v) is 18.6. The highest BCUT2D eigenvalue weighted by molar-refractivity contribution is 5.82. The van der Waals surface area contributed by atoms with Crippen molar-refractivity contribution in [1.29, 1.82) is 0 Å². The Kier molecular flexibility index (Phi) is 5.94. The van der Waals surface area contributed by atoms with Crippen molar-refractivity contribution in [3.63, 3.8) is 0 Å². The minimum absolute atomic E-state index is 0.173. The molecule has 3 aliphatic carbocycles. The van der Waals surface area contributed by atoms with E-state index < -0.39 is 5.60 Å². The van der Waals surface area contributed by atoms with Crippen LogP contribution < -0.4 is 0 Å². The molecule has 162 valence electrons. The van der Waals surface area contributed by atoms with Crippen LogP contribution in [0.25, 0.3) is 0 Å². The lowest BCUT2D eigenvalue weighted by Crippen LogP contribution is -2.44. The number of hydrogen-bond acceptors (Lipinski definition) is 3. The quantitative estimate of drug-likeness (QED) is 0.754. The van der Waals surface area contributed by atoms with Gasteiger partial charge in [0.05, 0.1) is 12.1 Å². The molecule has 0 aromatic carbocycles. The van der Waals surface area contributed by atoms with Crippen molar-refractivity contribution in [2.45, 2.75) is 97.1 Å². The Morgan fingerprint density at radius 1 is 1.10 bits per heavy atom. The van der Waals surface area contributed by atoms with Gasteiger partial charge in [0, 0.05) is 18.3 Å². The van der Waals surface area contributed by atoms with Crippen molar-refractivity contribution in [3.8, 4) is 0 Å². The molecule has 3 aliphatic rings. The van der Waals surface area contributed by atoms with E-state index in [0.717, 1.165) is 37.5 Å². The van der Waals surface area contributed by atoms with Crippen LogP contribution >= 0.6 is 0 Å². The first-order chi connectivity index (χ1) is 13.8. The van der Waals surface area contributed by atoms with Crippen LogP contribution in [0.15, 0.2) is 18.5 Å². The summed E-state index contributed by atoms with van der Waals surface area (Å²) in [5.74, 6) is 3.22. The van der Waals surface area contributed by atoms with Crippen LogP contribution in [0.4, 0.5) is 0 Å². The summed E-state index contributed by atoms with van der Waals surface area (Å²) in [7, 11) is 0. The number of fused-ring (bicyclic) bond motifs is 3. The SMILES string of the molecule is CC1CCC2CCC3(C)C(C(=O)Cn4cccn4)CCC3C2CCCCC1(C)O. The van der Waals surface area contributed by atoms with E-state index in [1.54, 1.807) is 10.9 Å². The average Bonchev–Trinajstić information content (AvgIpc) is 3.30.